The summed E-state index contributed by atoms with van der Waals surface area (Å²) in [5, 5.41) is 44.7. The van der Waals surface area contributed by atoms with Gasteiger partial charge in [0.05, 0.1) is 49.4 Å². The number of esters is 1. The Balaban J connectivity index is -0.000000591. The minimum absolute atomic E-state index is 0. The van der Waals surface area contributed by atoms with Gasteiger partial charge in [-0.15, -0.1) is 0 Å². The molecule has 3 aromatic carbocycles. The van der Waals surface area contributed by atoms with Gasteiger partial charge in [0.15, 0.2) is 0 Å². The van der Waals surface area contributed by atoms with Gasteiger partial charge >= 0.3 is 5.97 Å². The standard InChI is InChI=1S/C9H9NO5.C8H8N2O5.C8H10N2O3.CH4O.CH3.Pd/c1-14-8-4-3-6(10(12)13)5-7(8)9(11)15-2;1-15-7-3-2-5(10(13)14)4-6(7)8(11)9-12;1-13-7-3-2-5(9)4-6(7)8(11)10-12;1-2;;/h3-5H,1-2H3;2-4,12H,1H3,(H,9,11);2-4,12H,9H2,1H3,(H,10,11);2H,1H3;1H3;/q;;;;-1;. The van der Waals surface area contributed by atoms with Crippen molar-refractivity contribution in [2.75, 3.05) is 41.3 Å². The molecule has 0 saturated heterocycles. The molecule has 2 amide bonds. The number of aliphatic hydroxyl groups is 1. The number of carbonyl (C=O) groups excluding carboxylic acids is 3. The Morgan fingerprint density at radius 2 is 1.02 bits per heavy atom. The number of nitro benzene ring substituents is 2. The molecule has 19 nitrogen and oxygen atoms in total. The second-order valence-electron chi connectivity index (χ2n) is 7.62. The van der Waals surface area contributed by atoms with Gasteiger partial charge in [-0.3, -0.25) is 40.2 Å². The number of nitrogen functional groups attached to an aromatic ring is 1. The molecular formula is C27H34N5O14Pd-. The van der Waals surface area contributed by atoms with Crippen LogP contribution in [0.3, 0.4) is 0 Å². The molecule has 0 heterocycles. The summed E-state index contributed by atoms with van der Waals surface area (Å²) >= 11 is 0. The fraction of sp³-hybridized carbons (Fsp3) is 0.185. The number of non-ortho nitro benzene ring substituents is 2. The van der Waals surface area contributed by atoms with Crippen LogP contribution in [-0.4, -0.2) is 78.7 Å². The number of hydroxylamine groups is 2. The van der Waals surface area contributed by atoms with Crippen LogP contribution in [0.2, 0.25) is 0 Å². The maximum absolute atomic E-state index is 11.2. The Kier molecular flexibility index (Phi) is 23.4. The first-order chi connectivity index (χ1) is 21.4. The maximum Gasteiger partial charge on any atom is 0.341 e. The largest absolute Gasteiger partial charge is 0.496 e. The number of rotatable bonds is 8. The summed E-state index contributed by atoms with van der Waals surface area (Å²) in [6.45, 7) is 0. The van der Waals surface area contributed by atoms with Crippen molar-refractivity contribution in [3.05, 3.63) is 98.9 Å². The van der Waals surface area contributed by atoms with E-state index in [-0.39, 0.29) is 67.4 Å². The molecule has 3 rings (SSSR count). The monoisotopic (exact) mass is 758 g/mol. The third kappa shape index (κ3) is 14.1. The van der Waals surface area contributed by atoms with Gasteiger partial charge in [-0.2, -0.15) is 0 Å². The molecule has 0 unspecified atom stereocenters. The molecule has 0 aliphatic carbocycles. The summed E-state index contributed by atoms with van der Waals surface area (Å²) in [4.78, 5) is 53.1. The van der Waals surface area contributed by atoms with E-state index < -0.39 is 27.6 Å². The van der Waals surface area contributed by atoms with E-state index >= 15 is 0 Å². The van der Waals surface area contributed by atoms with Crippen LogP contribution >= 0.6 is 0 Å². The molecule has 0 saturated carbocycles. The van der Waals surface area contributed by atoms with Crippen molar-refractivity contribution in [2.24, 2.45) is 0 Å². The molecule has 0 atom stereocenters. The molecule has 0 aliphatic heterocycles. The number of hydrogen-bond donors (Lipinski definition) is 6. The summed E-state index contributed by atoms with van der Waals surface area (Å²) in [6.07, 6.45) is 0. The van der Waals surface area contributed by atoms with Gasteiger partial charge in [-0.05, 0) is 30.3 Å². The zero-order chi connectivity index (χ0) is 34.7. The Hall–Kier alpha value is -5.39. The number of nitro groups is 2. The second kappa shape index (κ2) is 23.9. The predicted molar refractivity (Wildman–Crippen MR) is 161 cm³/mol. The molecule has 0 aromatic heterocycles. The van der Waals surface area contributed by atoms with Crippen LogP contribution < -0.4 is 30.9 Å². The fourth-order valence-electron chi connectivity index (χ4n) is 3.09. The molecule has 3 aromatic rings. The van der Waals surface area contributed by atoms with Crippen LogP contribution in [0.5, 0.6) is 17.2 Å². The van der Waals surface area contributed by atoms with Gasteiger partial charge in [0.1, 0.15) is 22.8 Å². The van der Waals surface area contributed by atoms with E-state index in [1.165, 1.54) is 69.7 Å². The second-order valence-corrected chi connectivity index (χ2v) is 7.62. The van der Waals surface area contributed by atoms with E-state index in [1.807, 2.05) is 0 Å². The van der Waals surface area contributed by atoms with Gasteiger partial charge in [0.25, 0.3) is 23.2 Å². The van der Waals surface area contributed by atoms with Crippen LogP contribution in [0.4, 0.5) is 17.1 Å². The fourth-order valence-corrected chi connectivity index (χ4v) is 3.09. The number of aliphatic hydroxyl groups excluding tert-OH is 1. The minimum Gasteiger partial charge on any atom is -0.496 e. The number of amides is 2. The van der Waals surface area contributed by atoms with E-state index in [0.29, 0.717) is 11.4 Å². The van der Waals surface area contributed by atoms with Crippen molar-refractivity contribution in [1.82, 2.24) is 11.0 Å². The molecule has 0 spiro atoms. The number of carbonyl (C=O) groups is 3. The SMILES string of the molecule is CO.COC(=O)c1cc([N+](=O)[O-])ccc1OC.COc1ccc(N)cc1C(=O)NO.COc1ccc([N+](=O)[O-])cc1C(=O)NO.[CH3-].[Pd]. The number of methoxy groups -OCH3 is 4. The van der Waals surface area contributed by atoms with Crippen LogP contribution in [0.25, 0.3) is 0 Å². The molecule has 262 valence electrons. The maximum atomic E-state index is 11.2. The predicted octanol–water partition coefficient (Wildman–Crippen LogP) is 2.57. The Labute approximate surface area is 282 Å². The van der Waals surface area contributed by atoms with Gasteiger partial charge in [0, 0.05) is 57.5 Å². The van der Waals surface area contributed by atoms with E-state index in [9.17, 15) is 34.6 Å². The number of nitrogens with zero attached hydrogens (tertiary/aromatic N) is 2. The first kappa shape index (κ1) is 46.0. The first-order valence-electron chi connectivity index (χ1n) is 11.9. The number of hydrogen-bond acceptors (Lipinski definition) is 15. The Morgan fingerprint density at radius 1 is 0.681 bits per heavy atom. The van der Waals surface area contributed by atoms with Crippen LogP contribution in [0, 0.1) is 27.7 Å². The summed E-state index contributed by atoms with van der Waals surface area (Å²) < 4.78 is 19.1. The third-order valence-corrected chi connectivity index (χ3v) is 5.11. The first-order valence-corrected chi connectivity index (χ1v) is 11.9. The topological polar surface area (TPSA) is 285 Å². The van der Waals surface area contributed by atoms with E-state index in [4.69, 9.17) is 35.5 Å². The average Bonchev–Trinajstić information content (AvgIpc) is 3.07. The summed E-state index contributed by atoms with van der Waals surface area (Å²) in [7, 11) is 6.31. The zero-order valence-corrected chi connectivity index (χ0v) is 27.4. The minimum atomic E-state index is -0.865. The van der Waals surface area contributed by atoms with E-state index in [2.05, 4.69) is 4.74 Å². The van der Waals surface area contributed by atoms with E-state index in [0.717, 1.165) is 19.2 Å². The number of nitrogens with two attached hydrogens (primary N) is 1. The molecule has 0 aliphatic rings. The number of anilines is 1. The average molecular weight is 759 g/mol. The number of benzene rings is 3. The van der Waals surface area contributed by atoms with Gasteiger partial charge < -0.3 is 37.2 Å². The quantitative estimate of drug-likeness (QED) is 0.0366. The molecule has 0 radical (unpaired) electrons. The molecular weight excluding hydrogens is 725 g/mol. The summed E-state index contributed by atoms with van der Waals surface area (Å²) in [6, 6.07) is 11.8. The van der Waals surface area contributed by atoms with Crippen molar-refractivity contribution >= 4 is 34.8 Å². The van der Waals surface area contributed by atoms with E-state index in [1.54, 1.807) is 12.1 Å². The van der Waals surface area contributed by atoms with Gasteiger partial charge in [0.2, 0.25) is 0 Å². The molecule has 7 N–H and O–H groups in total. The molecule has 20 heteroatoms. The summed E-state index contributed by atoms with van der Waals surface area (Å²) in [5.41, 5.74) is 8.47. The summed E-state index contributed by atoms with van der Waals surface area (Å²) in [5.74, 6) is -1.43. The normalized spacial score (nSPS) is 8.77. The third-order valence-electron chi connectivity index (χ3n) is 5.11. The van der Waals surface area contributed by atoms with Crippen molar-refractivity contribution in [1.29, 1.82) is 0 Å². The van der Waals surface area contributed by atoms with Crippen molar-refractivity contribution < 1.29 is 79.1 Å². The van der Waals surface area contributed by atoms with Crippen LogP contribution in [0.1, 0.15) is 31.1 Å². The molecule has 0 bridgehead atoms. The zero-order valence-electron chi connectivity index (χ0n) is 25.8. The van der Waals surface area contributed by atoms with Crippen molar-refractivity contribution in [3.8, 4) is 17.2 Å². The molecule has 0 fully saturated rings. The van der Waals surface area contributed by atoms with Crippen molar-refractivity contribution in [2.45, 2.75) is 0 Å². The molecule has 47 heavy (non-hydrogen) atoms. The van der Waals surface area contributed by atoms with Gasteiger partial charge in [-0.25, -0.2) is 15.8 Å². The number of nitrogens with one attached hydrogen (secondary N) is 2. The number of ether oxygens (including phenoxy) is 4. The Bertz CT molecular complexity index is 1410. The van der Waals surface area contributed by atoms with Crippen LogP contribution in [0.15, 0.2) is 54.6 Å². The smallest absolute Gasteiger partial charge is 0.341 e. The van der Waals surface area contributed by atoms with Crippen molar-refractivity contribution in [3.63, 3.8) is 0 Å². The van der Waals surface area contributed by atoms with Crippen LogP contribution in [-0.2, 0) is 25.2 Å². The Morgan fingerprint density at radius 3 is 1.36 bits per heavy atom. The van der Waals surface area contributed by atoms with Gasteiger partial charge in [-0.1, -0.05) is 0 Å².